The first-order chi connectivity index (χ1) is 10.8. The molecule has 1 N–H and O–H groups in total. The van der Waals surface area contributed by atoms with Crippen LogP contribution in [0.2, 0.25) is 0 Å². The highest BCUT2D eigenvalue weighted by atomic mass is 32.2. The Morgan fingerprint density at radius 3 is 3.00 bits per heavy atom. The number of nitrogens with zero attached hydrogens (tertiary/aromatic N) is 2. The molecule has 22 heavy (non-hydrogen) atoms. The van der Waals surface area contributed by atoms with Crippen molar-refractivity contribution < 1.29 is 9.53 Å². The van der Waals surface area contributed by atoms with Crippen LogP contribution in [0.4, 0.5) is 0 Å². The number of hydrogen-bond acceptors (Lipinski definition) is 5. The van der Waals surface area contributed by atoms with Crippen LogP contribution in [0, 0.1) is 0 Å². The minimum absolute atomic E-state index is 0.289. The van der Waals surface area contributed by atoms with E-state index in [0.717, 1.165) is 22.8 Å². The third-order valence-electron chi connectivity index (χ3n) is 3.07. The number of amides is 1. The summed E-state index contributed by atoms with van der Waals surface area (Å²) >= 11 is 1.88. The average molecular weight is 313 g/mol. The fourth-order valence-corrected chi connectivity index (χ4v) is 2.43. The summed E-state index contributed by atoms with van der Waals surface area (Å²) in [4.78, 5) is 15.7. The van der Waals surface area contributed by atoms with E-state index in [-0.39, 0.29) is 5.91 Å². The van der Waals surface area contributed by atoms with Crippen molar-refractivity contribution in [2.75, 3.05) is 11.5 Å². The van der Waals surface area contributed by atoms with E-state index in [0.29, 0.717) is 11.7 Å². The first kappa shape index (κ1) is 14.6. The van der Waals surface area contributed by atoms with Crippen LogP contribution in [-0.2, 0) is 0 Å². The van der Waals surface area contributed by atoms with Gasteiger partial charge in [0.2, 0.25) is 0 Å². The lowest BCUT2D eigenvalue weighted by Gasteiger charge is -2.25. The lowest BCUT2D eigenvalue weighted by Crippen LogP contribution is -2.31. The Morgan fingerprint density at radius 2 is 2.27 bits per heavy atom. The molecule has 1 saturated heterocycles. The maximum absolute atomic E-state index is 11.8. The zero-order valence-corrected chi connectivity index (χ0v) is 12.6. The van der Waals surface area contributed by atoms with Crippen LogP contribution in [0.25, 0.3) is 0 Å². The summed E-state index contributed by atoms with van der Waals surface area (Å²) in [5.74, 6) is 2.62. The molecule has 112 valence electrons. The molecule has 0 atom stereocenters. The van der Waals surface area contributed by atoms with Crippen molar-refractivity contribution in [2.45, 2.75) is 6.10 Å². The molecule has 0 saturated carbocycles. The smallest absolute Gasteiger partial charge is 0.272 e. The molecule has 0 spiro atoms. The number of benzene rings is 1. The van der Waals surface area contributed by atoms with Gasteiger partial charge >= 0.3 is 0 Å². The third-order valence-corrected chi connectivity index (χ3v) is 4.29. The second kappa shape index (κ2) is 7.09. The monoisotopic (exact) mass is 313 g/mol. The van der Waals surface area contributed by atoms with E-state index in [2.05, 4.69) is 15.5 Å². The summed E-state index contributed by atoms with van der Waals surface area (Å²) in [5, 5.41) is 3.96. The van der Waals surface area contributed by atoms with Crippen LogP contribution < -0.4 is 10.2 Å². The van der Waals surface area contributed by atoms with Gasteiger partial charge in [0.25, 0.3) is 5.91 Å². The molecule has 1 amide bonds. The van der Waals surface area contributed by atoms with Crippen molar-refractivity contribution >= 4 is 23.9 Å². The van der Waals surface area contributed by atoms with Gasteiger partial charge in [-0.3, -0.25) is 9.78 Å². The van der Waals surface area contributed by atoms with Crippen LogP contribution in [0.5, 0.6) is 5.75 Å². The second-order valence-corrected chi connectivity index (χ2v) is 5.87. The van der Waals surface area contributed by atoms with Gasteiger partial charge in [-0.1, -0.05) is 12.1 Å². The molecule has 2 heterocycles. The van der Waals surface area contributed by atoms with E-state index in [1.54, 1.807) is 24.5 Å². The van der Waals surface area contributed by atoms with Gasteiger partial charge in [-0.15, -0.1) is 0 Å². The number of hydrogen-bond donors (Lipinski definition) is 1. The molecular weight excluding hydrogens is 298 g/mol. The van der Waals surface area contributed by atoms with Crippen molar-refractivity contribution in [1.29, 1.82) is 0 Å². The first-order valence-electron chi connectivity index (χ1n) is 6.89. The number of aromatic nitrogens is 1. The van der Waals surface area contributed by atoms with Crippen molar-refractivity contribution in [3.05, 3.63) is 59.9 Å². The molecule has 1 aliphatic heterocycles. The number of hydrazone groups is 1. The molecule has 1 fully saturated rings. The van der Waals surface area contributed by atoms with Crippen LogP contribution >= 0.6 is 11.8 Å². The van der Waals surface area contributed by atoms with Crippen LogP contribution in [0.3, 0.4) is 0 Å². The van der Waals surface area contributed by atoms with E-state index >= 15 is 0 Å². The molecule has 3 rings (SSSR count). The quantitative estimate of drug-likeness (QED) is 0.680. The average Bonchev–Trinajstić information content (AvgIpc) is 2.52. The minimum Gasteiger partial charge on any atom is -0.489 e. The molecule has 0 unspecified atom stereocenters. The summed E-state index contributed by atoms with van der Waals surface area (Å²) in [7, 11) is 0. The molecule has 0 radical (unpaired) electrons. The Bertz CT molecular complexity index is 672. The Kier molecular flexibility index (Phi) is 4.70. The summed E-state index contributed by atoms with van der Waals surface area (Å²) < 4.78 is 5.81. The molecule has 1 aromatic heterocycles. The van der Waals surface area contributed by atoms with Gasteiger partial charge in [0, 0.05) is 23.9 Å². The predicted octanol–water partition coefficient (Wildman–Crippen LogP) is 2.34. The van der Waals surface area contributed by atoms with E-state index in [1.807, 2.05) is 36.0 Å². The number of nitrogens with one attached hydrogen (secondary N) is 1. The van der Waals surface area contributed by atoms with E-state index < -0.39 is 0 Å². The Morgan fingerprint density at radius 1 is 1.36 bits per heavy atom. The van der Waals surface area contributed by atoms with Crippen molar-refractivity contribution in [3.8, 4) is 5.75 Å². The molecule has 1 aliphatic rings. The van der Waals surface area contributed by atoms with E-state index in [9.17, 15) is 4.79 Å². The molecule has 1 aromatic carbocycles. The largest absolute Gasteiger partial charge is 0.489 e. The molecule has 6 heteroatoms. The SMILES string of the molecule is O=C(NN=Cc1cccc(OC2CSC2)c1)c1cccnc1. The highest BCUT2D eigenvalue weighted by Crippen LogP contribution is 2.24. The van der Waals surface area contributed by atoms with Gasteiger partial charge in [-0.2, -0.15) is 16.9 Å². The Hall–Kier alpha value is -2.34. The van der Waals surface area contributed by atoms with Crippen LogP contribution in [0.15, 0.2) is 53.9 Å². The predicted molar refractivity (Wildman–Crippen MR) is 87.5 cm³/mol. The number of thioether (sulfide) groups is 1. The molecule has 5 nitrogen and oxygen atoms in total. The number of pyridine rings is 1. The van der Waals surface area contributed by atoms with E-state index in [4.69, 9.17) is 4.74 Å². The second-order valence-electron chi connectivity index (χ2n) is 4.79. The van der Waals surface area contributed by atoms with Crippen molar-refractivity contribution in [2.24, 2.45) is 5.10 Å². The van der Waals surface area contributed by atoms with Crippen LogP contribution in [0.1, 0.15) is 15.9 Å². The number of rotatable bonds is 5. The standard InChI is InChI=1S/C16H15N3O2S/c20-16(13-4-2-6-17-9-13)19-18-8-12-3-1-5-14(7-12)21-15-10-22-11-15/h1-9,15H,10-11H2,(H,19,20). The van der Waals surface area contributed by atoms with Gasteiger partial charge in [-0.05, 0) is 29.8 Å². The maximum Gasteiger partial charge on any atom is 0.272 e. The molecule has 0 bridgehead atoms. The first-order valence-corrected chi connectivity index (χ1v) is 8.04. The normalized spacial score (nSPS) is 14.5. The third kappa shape index (κ3) is 3.85. The van der Waals surface area contributed by atoms with Crippen molar-refractivity contribution in [1.82, 2.24) is 10.4 Å². The topological polar surface area (TPSA) is 63.6 Å². The highest BCUT2D eigenvalue weighted by molar-refractivity contribution is 8.00. The zero-order valence-electron chi connectivity index (χ0n) is 11.8. The Balaban J connectivity index is 1.58. The summed E-state index contributed by atoms with van der Waals surface area (Å²) in [5.41, 5.74) is 3.82. The summed E-state index contributed by atoms with van der Waals surface area (Å²) in [6, 6.07) is 11.0. The zero-order chi connectivity index (χ0) is 15.2. The Labute approximate surface area is 132 Å². The number of ether oxygens (including phenoxy) is 1. The van der Waals surface area contributed by atoms with Crippen molar-refractivity contribution in [3.63, 3.8) is 0 Å². The fourth-order valence-electron chi connectivity index (χ4n) is 1.87. The molecule has 2 aromatic rings. The lowest BCUT2D eigenvalue weighted by atomic mass is 10.2. The summed E-state index contributed by atoms with van der Waals surface area (Å²) in [6.45, 7) is 0. The van der Waals surface area contributed by atoms with E-state index in [1.165, 1.54) is 6.20 Å². The molecular formula is C16H15N3O2S. The van der Waals surface area contributed by atoms with Crippen LogP contribution in [-0.4, -0.2) is 34.7 Å². The summed E-state index contributed by atoms with van der Waals surface area (Å²) in [6.07, 6.45) is 5.01. The number of carbonyl (C=O) groups excluding carboxylic acids is 1. The maximum atomic E-state index is 11.8. The highest BCUT2D eigenvalue weighted by Gasteiger charge is 2.19. The number of carbonyl (C=O) groups is 1. The van der Waals surface area contributed by atoms with Gasteiger partial charge in [0.05, 0.1) is 11.8 Å². The van der Waals surface area contributed by atoms with Gasteiger partial charge in [0.15, 0.2) is 0 Å². The van der Waals surface area contributed by atoms with Gasteiger partial charge < -0.3 is 4.74 Å². The lowest BCUT2D eigenvalue weighted by molar-refractivity contribution is 0.0955. The minimum atomic E-state index is -0.289. The van der Waals surface area contributed by atoms with Gasteiger partial charge in [0.1, 0.15) is 11.9 Å². The van der Waals surface area contributed by atoms with Gasteiger partial charge in [-0.25, -0.2) is 5.43 Å². The fraction of sp³-hybridized carbons (Fsp3) is 0.188. The molecule has 0 aliphatic carbocycles.